The van der Waals surface area contributed by atoms with Gasteiger partial charge in [0.05, 0.1) is 5.69 Å². The van der Waals surface area contributed by atoms with Gasteiger partial charge >= 0.3 is 10.2 Å². The number of rotatable bonds is 2. The number of hydrogen-bond acceptors (Lipinski definition) is 5. The second-order valence-corrected chi connectivity index (χ2v) is 5.62. The lowest BCUT2D eigenvalue weighted by molar-refractivity contribution is -0.117. The molecule has 17 heavy (non-hydrogen) atoms. The molecule has 0 radical (unpaired) electrons. The highest BCUT2D eigenvalue weighted by Gasteiger charge is 2.41. The maximum Gasteiger partial charge on any atom is 0.307 e. The predicted octanol–water partition coefficient (Wildman–Crippen LogP) is 0.696. The van der Waals surface area contributed by atoms with E-state index in [-0.39, 0.29) is 18.8 Å². The average molecular weight is 262 g/mol. The van der Waals surface area contributed by atoms with Gasteiger partial charge in [-0.1, -0.05) is 5.16 Å². The van der Waals surface area contributed by atoms with Crippen LogP contribution in [0, 0.1) is 13.8 Å². The monoisotopic (exact) mass is 262 g/mol. The third-order valence-corrected chi connectivity index (χ3v) is 3.98. The summed E-state index contributed by atoms with van der Waals surface area (Å²) >= 11 is 0. The van der Waals surface area contributed by atoms with E-state index in [9.17, 15) is 17.1 Å². The van der Waals surface area contributed by atoms with Gasteiger partial charge in [0.25, 0.3) is 0 Å². The Balaban J connectivity index is 2.31. The molecule has 0 aliphatic carbocycles. The third-order valence-electron chi connectivity index (χ3n) is 2.87. The van der Waals surface area contributed by atoms with E-state index < -0.39 is 21.4 Å². The number of hydrogen-bond donors (Lipinski definition) is 0. The van der Waals surface area contributed by atoms with E-state index in [4.69, 9.17) is 4.52 Å². The van der Waals surface area contributed by atoms with Gasteiger partial charge < -0.3 is 4.52 Å². The molecule has 1 aliphatic heterocycles. The van der Waals surface area contributed by atoms with Crippen molar-refractivity contribution in [3.8, 4) is 0 Å². The van der Waals surface area contributed by atoms with Crippen LogP contribution in [0.3, 0.4) is 0 Å². The molecule has 8 heteroatoms. The molecule has 1 fully saturated rings. The molecule has 0 bridgehead atoms. The minimum atomic E-state index is -4.71. The number of halogens is 1. The first-order valence-electron chi connectivity index (χ1n) is 4.97. The quantitative estimate of drug-likeness (QED) is 0.733. The molecule has 0 spiro atoms. The molecule has 1 atom stereocenters. The van der Waals surface area contributed by atoms with Crippen molar-refractivity contribution in [3.63, 3.8) is 0 Å². The Kier molecular flexibility index (Phi) is 2.69. The summed E-state index contributed by atoms with van der Waals surface area (Å²) in [7, 11) is -4.71. The summed E-state index contributed by atoms with van der Waals surface area (Å²) in [5, 5.41) is 2.35. The summed E-state index contributed by atoms with van der Waals surface area (Å²) in [5.74, 6) is -0.283. The molecule has 2 rings (SSSR count). The Morgan fingerprint density at radius 3 is 2.53 bits per heavy atom. The summed E-state index contributed by atoms with van der Waals surface area (Å²) < 4.78 is 39.3. The normalized spacial score (nSPS) is 21.2. The van der Waals surface area contributed by atoms with Crippen molar-refractivity contribution in [1.82, 2.24) is 5.16 Å². The zero-order valence-corrected chi connectivity index (χ0v) is 10.1. The first-order chi connectivity index (χ1) is 7.80. The number of carbonyl (C=O) groups is 1. The van der Waals surface area contributed by atoms with Crippen LogP contribution in [0.15, 0.2) is 4.52 Å². The average Bonchev–Trinajstić information content (AvgIpc) is 2.72. The van der Waals surface area contributed by atoms with Crippen LogP contribution in [0.25, 0.3) is 0 Å². The van der Waals surface area contributed by atoms with Crippen molar-refractivity contribution in [3.05, 3.63) is 11.3 Å². The van der Waals surface area contributed by atoms with E-state index in [1.54, 1.807) is 13.8 Å². The van der Waals surface area contributed by atoms with Gasteiger partial charge in [0, 0.05) is 18.5 Å². The fourth-order valence-electron chi connectivity index (χ4n) is 1.71. The fourth-order valence-corrected chi connectivity index (χ4v) is 2.38. The number of aryl methyl sites for hydroxylation is 1. The smallest absolute Gasteiger partial charge is 0.307 e. The highest BCUT2D eigenvalue weighted by atomic mass is 32.3. The van der Waals surface area contributed by atoms with Gasteiger partial charge in [-0.2, -0.15) is 8.42 Å². The molecule has 2 heterocycles. The topological polar surface area (TPSA) is 80.5 Å². The molecule has 0 N–H and O–H groups in total. The molecule has 1 aliphatic rings. The number of aromatic nitrogens is 1. The molecule has 1 aromatic heterocycles. The van der Waals surface area contributed by atoms with Crippen LogP contribution in [-0.4, -0.2) is 31.3 Å². The van der Waals surface area contributed by atoms with Crippen LogP contribution >= 0.6 is 0 Å². The molecule has 1 unspecified atom stereocenters. The van der Waals surface area contributed by atoms with Crippen LogP contribution in [0.2, 0.25) is 0 Å². The summed E-state index contributed by atoms with van der Waals surface area (Å²) in [6.07, 6.45) is -0.363. The number of amides is 1. The van der Waals surface area contributed by atoms with Crippen molar-refractivity contribution < 1.29 is 21.6 Å². The number of nitrogens with zero attached hydrogens (tertiary/aromatic N) is 2. The summed E-state index contributed by atoms with van der Waals surface area (Å²) in [4.78, 5) is 12.7. The molecule has 1 saturated heterocycles. The highest BCUT2D eigenvalue weighted by molar-refractivity contribution is 7.87. The van der Waals surface area contributed by atoms with Gasteiger partial charge in [0.1, 0.15) is 5.25 Å². The van der Waals surface area contributed by atoms with E-state index in [0.29, 0.717) is 11.3 Å². The Hall–Kier alpha value is -1.44. The second kappa shape index (κ2) is 3.80. The lowest BCUT2D eigenvalue weighted by atomic mass is 10.3. The van der Waals surface area contributed by atoms with Crippen molar-refractivity contribution in [2.45, 2.75) is 25.5 Å². The summed E-state index contributed by atoms with van der Waals surface area (Å²) in [6, 6.07) is 0. The van der Waals surface area contributed by atoms with E-state index >= 15 is 0 Å². The van der Waals surface area contributed by atoms with Crippen molar-refractivity contribution in [2.75, 3.05) is 11.4 Å². The fraction of sp³-hybridized carbons (Fsp3) is 0.556. The zero-order valence-electron chi connectivity index (χ0n) is 9.31. The van der Waals surface area contributed by atoms with Gasteiger partial charge in [-0.25, -0.2) is 0 Å². The highest BCUT2D eigenvalue weighted by Crippen LogP contribution is 2.29. The van der Waals surface area contributed by atoms with E-state index in [2.05, 4.69) is 5.16 Å². The Labute approximate surface area is 97.6 Å². The standard InChI is InChI=1S/C9H11FN2O4S/c1-5-6(2)11-16-9(5)12-4-7(3-8(12)13)17(10,14)15/h7H,3-4H2,1-2H3. The number of anilines is 1. The molecular weight excluding hydrogens is 251 g/mol. The maximum absolute atomic E-state index is 12.8. The van der Waals surface area contributed by atoms with Crippen LogP contribution in [-0.2, 0) is 15.0 Å². The van der Waals surface area contributed by atoms with E-state index in [1.807, 2.05) is 0 Å². The van der Waals surface area contributed by atoms with Gasteiger partial charge in [-0.3, -0.25) is 9.69 Å². The van der Waals surface area contributed by atoms with Crippen molar-refractivity contribution in [2.24, 2.45) is 0 Å². The largest absolute Gasteiger partial charge is 0.338 e. The van der Waals surface area contributed by atoms with Crippen LogP contribution in [0.4, 0.5) is 9.77 Å². The summed E-state index contributed by atoms with van der Waals surface area (Å²) in [5.41, 5.74) is 1.26. The third kappa shape index (κ3) is 2.04. The lowest BCUT2D eigenvalue weighted by Gasteiger charge is -2.12. The molecule has 1 amide bonds. The second-order valence-electron chi connectivity index (χ2n) is 4.00. The first kappa shape index (κ1) is 12.0. The van der Waals surface area contributed by atoms with Gasteiger partial charge in [-0.05, 0) is 13.8 Å². The van der Waals surface area contributed by atoms with Gasteiger partial charge in [-0.15, -0.1) is 3.89 Å². The zero-order chi connectivity index (χ0) is 12.8. The van der Waals surface area contributed by atoms with Crippen LogP contribution < -0.4 is 4.90 Å². The Bertz CT molecular complexity index is 566. The summed E-state index contributed by atoms with van der Waals surface area (Å²) in [6.45, 7) is 3.17. The minimum Gasteiger partial charge on any atom is -0.338 e. The first-order valence-corrected chi connectivity index (χ1v) is 6.42. The van der Waals surface area contributed by atoms with E-state index in [0.717, 1.165) is 4.90 Å². The molecular formula is C9H11FN2O4S. The van der Waals surface area contributed by atoms with Gasteiger partial charge in [0.15, 0.2) is 0 Å². The number of carbonyl (C=O) groups excluding carboxylic acids is 1. The predicted molar refractivity (Wildman–Crippen MR) is 56.8 cm³/mol. The molecule has 1 aromatic rings. The molecule has 94 valence electrons. The van der Waals surface area contributed by atoms with E-state index in [1.165, 1.54) is 0 Å². The SMILES string of the molecule is Cc1noc(N2CC(S(=O)(=O)F)CC2=O)c1C. The Morgan fingerprint density at radius 1 is 1.47 bits per heavy atom. The lowest BCUT2D eigenvalue weighted by Crippen LogP contribution is -2.27. The van der Waals surface area contributed by atoms with Crippen LogP contribution in [0.5, 0.6) is 0 Å². The van der Waals surface area contributed by atoms with Crippen LogP contribution in [0.1, 0.15) is 17.7 Å². The Morgan fingerprint density at radius 2 is 2.12 bits per heavy atom. The molecule has 6 nitrogen and oxygen atoms in total. The van der Waals surface area contributed by atoms with Crippen molar-refractivity contribution in [1.29, 1.82) is 0 Å². The van der Waals surface area contributed by atoms with Crippen molar-refractivity contribution >= 4 is 22.0 Å². The van der Waals surface area contributed by atoms with Gasteiger partial charge in [0.2, 0.25) is 11.8 Å². The maximum atomic E-state index is 12.8. The minimum absolute atomic E-state index is 0.193. The molecule has 0 aromatic carbocycles. The molecule has 0 saturated carbocycles.